The molecule has 1 saturated heterocycles. The van der Waals surface area contributed by atoms with Gasteiger partial charge in [-0.05, 0) is 62.4 Å². The SMILES string of the molecule is CCOc1ccc(Oc2c(/C=N\Nc3ccc(S(=O)(=O)N4CCOCC4)cc3[N+](=O)[O-])c(C)nn2-c2ccccc2)cc1. The van der Waals surface area contributed by atoms with Crippen molar-refractivity contribution in [3.63, 3.8) is 0 Å². The molecule has 0 spiro atoms. The average Bonchev–Trinajstić information content (AvgIpc) is 3.33. The van der Waals surface area contributed by atoms with Crippen LogP contribution in [0.5, 0.6) is 17.4 Å². The Hall–Kier alpha value is -4.79. The quantitative estimate of drug-likeness (QED) is 0.145. The van der Waals surface area contributed by atoms with Crippen LogP contribution in [0, 0.1) is 17.0 Å². The summed E-state index contributed by atoms with van der Waals surface area (Å²) in [5, 5.41) is 20.8. The van der Waals surface area contributed by atoms with Crippen molar-refractivity contribution in [1.82, 2.24) is 14.1 Å². The molecule has 14 heteroatoms. The Morgan fingerprint density at radius 1 is 1.07 bits per heavy atom. The Labute approximate surface area is 248 Å². The third kappa shape index (κ3) is 6.66. The van der Waals surface area contributed by atoms with Gasteiger partial charge in [0.1, 0.15) is 17.2 Å². The number of aromatic nitrogens is 2. The Morgan fingerprint density at radius 2 is 1.77 bits per heavy atom. The van der Waals surface area contributed by atoms with Crippen LogP contribution < -0.4 is 14.9 Å². The number of hydrogen-bond donors (Lipinski definition) is 1. The summed E-state index contributed by atoms with van der Waals surface area (Å²) in [4.78, 5) is 11.1. The van der Waals surface area contributed by atoms with Crippen LogP contribution in [0.15, 0.2) is 82.8 Å². The predicted molar refractivity (Wildman–Crippen MR) is 160 cm³/mol. The number of para-hydroxylation sites is 1. The minimum atomic E-state index is -3.92. The molecule has 1 fully saturated rings. The molecule has 0 aliphatic carbocycles. The highest BCUT2D eigenvalue weighted by atomic mass is 32.2. The van der Waals surface area contributed by atoms with E-state index in [0.717, 1.165) is 11.8 Å². The van der Waals surface area contributed by atoms with E-state index in [2.05, 4.69) is 15.6 Å². The molecule has 3 aromatic carbocycles. The van der Waals surface area contributed by atoms with Crippen molar-refractivity contribution in [2.75, 3.05) is 38.3 Å². The van der Waals surface area contributed by atoms with Crippen LogP contribution in [0.1, 0.15) is 18.2 Å². The van der Waals surface area contributed by atoms with Crippen LogP contribution in [-0.4, -0.2) is 66.6 Å². The molecule has 2 heterocycles. The molecule has 0 amide bonds. The molecule has 1 aliphatic rings. The zero-order valence-corrected chi connectivity index (χ0v) is 24.4. The number of hydrogen-bond acceptors (Lipinski definition) is 10. The third-order valence-electron chi connectivity index (χ3n) is 6.56. The number of nitrogens with zero attached hydrogens (tertiary/aromatic N) is 5. The average molecular weight is 607 g/mol. The van der Waals surface area contributed by atoms with Gasteiger partial charge in [-0.1, -0.05) is 18.2 Å². The van der Waals surface area contributed by atoms with E-state index in [9.17, 15) is 18.5 Å². The smallest absolute Gasteiger partial charge is 0.295 e. The van der Waals surface area contributed by atoms with Gasteiger partial charge in [0.05, 0.1) is 52.8 Å². The van der Waals surface area contributed by atoms with Crippen molar-refractivity contribution in [3.05, 3.63) is 94.2 Å². The first-order chi connectivity index (χ1) is 20.8. The lowest BCUT2D eigenvalue weighted by Crippen LogP contribution is -2.40. The number of hydrazone groups is 1. The van der Waals surface area contributed by atoms with E-state index in [1.807, 2.05) is 37.3 Å². The molecular formula is C29H30N6O7S. The molecular weight excluding hydrogens is 576 g/mol. The van der Waals surface area contributed by atoms with Crippen molar-refractivity contribution >= 4 is 27.6 Å². The fraction of sp³-hybridized carbons (Fsp3) is 0.241. The second-order valence-corrected chi connectivity index (χ2v) is 11.3. The number of nitro groups is 1. The predicted octanol–water partition coefficient (Wildman–Crippen LogP) is 4.75. The Balaban J connectivity index is 1.44. The Morgan fingerprint density at radius 3 is 2.44 bits per heavy atom. The first-order valence-electron chi connectivity index (χ1n) is 13.5. The largest absolute Gasteiger partial charge is 0.494 e. The molecule has 0 radical (unpaired) electrons. The van der Waals surface area contributed by atoms with Gasteiger partial charge in [0.25, 0.3) is 5.69 Å². The number of benzene rings is 3. The maximum atomic E-state index is 13.0. The molecule has 13 nitrogen and oxygen atoms in total. The number of nitrogens with one attached hydrogen (secondary N) is 1. The summed E-state index contributed by atoms with van der Waals surface area (Å²) in [6.07, 6.45) is 1.45. The number of sulfonamides is 1. The van der Waals surface area contributed by atoms with Gasteiger partial charge in [0, 0.05) is 19.2 Å². The fourth-order valence-corrected chi connectivity index (χ4v) is 5.84. The first kappa shape index (κ1) is 29.7. The number of rotatable bonds is 11. The summed E-state index contributed by atoms with van der Waals surface area (Å²) < 4.78 is 46.0. The lowest BCUT2D eigenvalue weighted by atomic mass is 10.2. The lowest BCUT2D eigenvalue weighted by Gasteiger charge is -2.26. The molecule has 0 bridgehead atoms. The molecule has 0 unspecified atom stereocenters. The minimum Gasteiger partial charge on any atom is -0.494 e. The fourth-order valence-electron chi connectivity index (χ4n) is 4.41. The molecule has 1 aliphatic heterocycles. The van der Waals surface area contributed by atoms with E-state index < -0.39 is 20.6 Å². The van der Waals surface area contributed by atoms with Gasteiger partial charge in [0.2, 0.25) is 15.9 Å². The van der Waals surface area contributed by atoms with E-state index in [4.69, 9.17) is 14.2 Å². The molecule has 5 rings (SSSR count). The topological polar surface area (TPSA) is 150 Å². The van der Waals surface area contributed by atoms with Crippen LogP contribution in [0.4, 0.5) is 11.4 Å². The van der Waals surface area contributed by atoms with Crippen LogP contribution in [0.2, 0.25) is 0 Å². The van der Waals surface area contributed by atoms with Crippen molar-refractivity contribution in [1.29, 1.82) is 0 Å². The van der Waals surface area contributed by atoms with Gasteiger partial charge in [0.15, 0.2) is 0 Å². The number of ether oxygens (including phenoxy) is 3. The molecule has 4 aromatic rings. The number of anilines is 1. The maximum Gasteiger partial charge on any atom is 0.295 e. The molecule has 0 atom stereocenters. The van der Waals surface area contributed by atoms with Gasteiger partial charge < -0.3 is 14.2 Å². The second-order valence-electron chi connectivity index (χ2n) is 9.38. The van der Waals surface area contributed by atoms with Crippen LogP contribution >= 0.6 is 0 Å². The summed E-state index contributed by atoms with van der Waals surface area (Å²) in [5.41, 5.74) is 4.14. The Kier molecular flexibility index (Phi) is 8.99. The van der Waals surface area contributed by atoms with Crippen molar-refractivity contribution < 1.29 is 27.6 Å². The van der Waals surface area contributed by atoms with Crippen molar-refractivity contribution in [3.8, 4) is 23.1 Å². The summed E-state index contributed by atoms with van der Waals surface area (Å²) in [5.74, 6) is 1.62. The van der Waals surface area contributed by atoms with Gasteiger partial charge in [-0.15, -0.1) is 0 Å². The number of nitro benzene ring substituents is 1. The highest BCUT2D eigenvalue weighted by Crippen LogP contribution is 2.32. The molecule has 1 aromatic heterocycles. The summed E-state index contributed by atoms with van der Waals surface area (Å²) in [7, 11) is -3.92. The summed E-state index contributed by atoms with van der Waals surface area (Å²) in [6, 6.07) is 20.2. The maximum absolute atomic E-state index is 13.0. The van der Waals surface area contributed by atoms with Gasteiger partial charge >= 0.3 is 0 Å². The van der Waals surface area contributed by atoms with Crippen molar-refractivity contribution in [2.24, 2.45) is 5.10 Å². The molecule has 0 saturated carbocycles. The Bertz CT molecular complexity index is 1720. The highest BCUT2D eigenvalue weighted by Gasteiger charge is 2.29. The monoisotopic (exact) mass is 606 g/mol. The number of aryl methyl sites for hydroxylation is 1. The zero-order valence-electron chi connectivity index (χ0n) is 23.5. The molecule has 43 heavy (non-hydrogen) atoms. The highest BCUT2D eigenvalue weighted by molar-refractivity contribution is 7.89. The van der Waals surface area contributed by atoms with E-state index in [1.165, 1.54) is 22.7 Å². The normalized spacial score (nSPS) is 14.1. The minimum absolute atomic E-state index is 0.0178. The van der Waals surface area contributed by atoms with E-state index in [1.54, 1.807) is 35.9 Å². The van der Waals surface area contributed by atoms with Crippen LogP contribution in [-0.2, 0) is 14.8 Å². The third-order valence-corrected chi connectivity index (χ3v) is 8.46. The molecule has 224 valence electrons. The zero-order chi connectivity index (χ0) is 30.4. The first-order valence-corrected chi connectivity index (χ1v) is 14.9. The van der Waals surface area contributed by atoms with Crippen LogP contribution in [0.25, 0.3) is 5.69 Å². The summed E-state index contributed by atoms with van der Waals surface area (Å²) in [6.45, 7) is 5.12. The standard InChI is InChI=1S/C29H30N6O7S/c1-3-41-23-9-11-24(12-10-23)42-29-26(21(2)32-34(29)22-7-5-4-6-8-22)20-30-31-27-14-13-25(19-28(27)35(36)37)43(38,39)33-15-17-40-18-16-33/h4-14,19-20,31H,3,15-18H2,1-2H3/b30-20-. The summed E-state index contributed by atoms with van der Waals surface area (Å²) >= 11 is 0. The number of morpholine rings is 1. The van der Waals surface area contributed by atoms with E-state index in [-0.39, 0.29) is 36.9 Å². The van der Waals surface area contributed by atoms with E-state index in [0.29, 0.717) is 35.2 Å². The van der Waals surface area contributed by atoms with Crippen molar-refractivity contribution in [2.45, 2.75) is 18.7 Å². The van der Waals surface area contributed by atoms with E-state index >= 15 is 0 Å². The second kappa shape index (κ2) is 13.0. The lowest BCUT2D eigenvalue weighted by molar-refractivity contribution is -0.384. The van der Waals surface area contributed by atoms with Gasteiger partial charge in [-0.25, -0.2) is 8.42 Å². The van der Waals surface area contributed by atoms with Gasteiger partial charge in [-0.2, -0.15) is 19.2 Å². The van der Waals surface area contributed by atoms with Crippen LogP contribution in [0.3, 0.4) is 0 Å². The van der Waals surface area contributed by atoms with Gasteiger partial charge in [-0.3, -0.25) is 15.5 Å². The molecule has 1 N–H and O–H groups in total.